The van der Waals surface area contributed by atoms with Crippen molar-refractivity contribution in [3.8, 4) is 0 Å². The number of nitrogens with two attached hydrogens (primary N) is 1. The summed E-state index contributed by atoms with van der Waals surface area (Å²) in [5, 5.41) is 24.8. The Kier molecular flexibility index (Phi) is 4.74. The van der Waals surface area contributed by atoms with Crippen LogP contribution in [0.1, 0.15) is 0 Å². The molecule has 0 aromatic rings. The number of rotatable bonds is 6. The Balaban J connectivity index is 5.34. The van der Waals surface area contributed by atoms with Crippen molar-refractivity contribution < 1.29 is 19.8 Å². The molecule has 16 heavy (non-hydrogen) atoms. The Bertz CT molecular complexity index is 314. The molecule has 0 radical (unpaired) electrons. The molecule has 0 fully saturated rings. The quantitative estimate of drug-likeness (QED) is 0.274. The summed E-state index contributed by atoms with van der Waals surface area (Å²) in [5.74, 6) is -3.38. The Morgan fingerprint density at radius 3 is 1.62 bits per heavy atom. The van der Waals surface area contributed by atoms with Crippen LogP contribution in [-0.2, 0) is 9.59 Å². The van der Waals surface area contributed by atoms with Crippen LogP contribution in [0.25, 0.3) is 0 Å². The molecule has 0 aliphatic rings. The lowest BCUT2D eigenvalue weighted by Gasteiger charge is -2.30. The fraction of sp³-hybridized carbons (Fsp3) is 0.222. The van der Waals surface area contributed by atoms with Crippen molar-refractivity contribution in [1.29, 1.82) is 5.41 Å². The molecule has 0 aromatic heterocycles. The molecule has 0 amide bonds. The lowest BCUT2D eigenvalue weighted by atomic mass is 10.1. The zero-order chi connectivity index (χ0) is 12.9. The van der Waals surface area contributed by atoms with E-state index >= 15 is 0 Å². The average Bonchev–Trinajstić information content (AvgIpc) is 2.16. The first-order valence-electron chi connectivity index (χ1n) is 4.19. The molecule has 0 bridgehead atoms. The molecular formula is C9H13N3O4. The van der Waals surface area contributed by atoms with Gasteiger partial charge in [0.05, 0.1) is 0 Å². The van der Waals surface area contributed by atoms with Crippen molar-refractivity contribution in [3.63, 3.8) is 0 Å². The van der Waals surface area contributed by atoms with E-state index in [1.165, 1.54) is 0 Å². The number of nitrogens with zero attached hydrogens (tertiary/aromatic N) is 1. The molecular weight excluding hydrogens is 214 g/mol. The number of carboxylic acid groups (broad SMARTS) is 2. The van der Waals surface area contributed by atoms with E-state index in [1.54, 1.807) is 0 Å². The van der Waals surface area contributed by atoms with E-state index in [4.69, 9.17) is 21.4 Å². The van der Waals surface area contributed by atoms with Gasteiger partial charge in [0.15, 0.2) is 5.96 Å². The molecule has 0 saturated carbocycles. The van der Waals surface area contributed by atoms with E-state index in [2.05, 4.69) is 13.2 Å². The van der Waals surface area contributed by atoms with E-state index in [9.17, 15) is 9.59 Å². The zero-order valence-electron chi connectivity index (χ0n) is 8.46. The molecule has 7 nitrogen and oxygen atoms in total. The minimum absolute atomic E-state index is 0.681. The molecule has 7 heteroatoms. The number of hydrogen-bond donors (Lipinski definition) is 4. The van der Waals surface area contributed by atoms with E-state index in [-0.39, 0.29) is 0 Å². The van der Waals surface area contributed by atoms with Crippen molar-refractivity contribution in [2.45, 2.75) is 12.1 Å². The molecule has 0 heterocycles. The summed E-state index contributed by atoms with van der Waals surface area (Å²) in [6.45, 7) is 6.52. The third-order valence-corrected chi connectivity index (χ3v) is 1.83. The molecule has 88 valence electrons. The predicted molar refractivity (Wildman–Crippen MR) is 57.0 cm³/mol. The summed E-state index contributed by atoms with van der Waals surface area (Å²) in [6.07, 6.45) is 1.98. The third-order valence-electron chi connectivity index (χ3n) is 1.83. The van der Waals surface area contributed by atoms with Crippen LogP contribution < -0.4 is 5.73 Å². The molecule has 0 aliphatic carbocycles. The molecule has 0 spiro atoms. The summed E-state index contributed by atoms with van der Waals surface area (Å²) in [7, 11) is 0. The van der Waals surface area contributed by atoms with Gasteiger partial charge in [-0.1, -0.05) is 12.2 Å². The summed E-state index contributed by atoms with van der Waals surface area (Å²) < 4.78 is 0. The molecule has 2 atom stereocenters. The summed E-state index contributed by atoms with van der Waals surface area (Å²) in [6, 6.07) is -2.78. The molecule has 0 unspecified atom stereocenters. The van der Waals surface area contributed by atoms with Gasteiger partial charge in [-0.2, -0.15) is 0 Å². The number of aliphatic carboxylic acids is 2. The van der Waals surface area contributed by atoms with Gasteiger partial charge >= 0.3 is 11.9 Å². The van der Waals surface area contributed by atoms with Crippen molar-refractivity contribution in [2.24, 2.45) is 5.73 Å². The van der Waals surface area contributed by atoms with Gasteiger partial charge < -0.3 is 20.8 Å². The first-order chi connectivity index (χ1) is 7.36. The maximum atomic E-state index is 10.8. The monoisotopic (exact) mass is 227 g/mol. The van der Waals surface area contributed by atoms with Gasteiger partial charge in [0.2, 0.25) is 0 Å². The predicted octanol–water partition coefficient (Wildman–Crippen LogP) is -0.540. The van der Waals surface area contributed by atoms with Crippen LogP contribution in [0.2, 0.25) is 0 Å². The Morgan fingerprint density at radius 1 is 1.19 bits per heavy atom. The highest BCUT2D eigenvalue weighted by molar-refractivity contribution is 5.89. The first-order valence-corrected chi connectivity index (χ1v) is 4.19. The van der Waals surface area contributed by atoms with Gasteiger partial charge in [0.1, 0.15) is 12.1 Å². The van der Waals surface area contributed by atoms with Crippen LogP contribution in [0.5, 0.6) is 0 Å². The van der Waals surface area contributed by atoms with Crippen LogP contribution in [0.3, 0.4) is 0 Å². The average molecular weight is 227 g/mol. The molecule has 0 saturated heterocycles. The maximum absolute atomic E-state index is 10.8. The van der Waals surface area contributed by atoms with Crippen LogP contribution in [0, 0.1) is 5.41 Å². The standard InChI is InChI=1S/C9H13N3O4/c1-3-5(7(13)14)12(9(10)11)6(4-2)8(15)16/h3-6H,1-2H2,(H3,10,11)(H,13,14)(H,15,16)/t5-,6-/m1/s1. The maximum Gasteiger partial charge on any atom is 0.330 e. The topological polar surface area (TPSA) is 128 Å². The second-order valence-electron chi connectivity index (χ2n) is 2.83. The minimum atomic E-state index is -1.39. The number of carboxylic acids is 2. The number of carbonyl (C=O) groups is 2. The highest BCUT2D eigenvalue weighted by Crippen LogP contribution is 2.08. The highest BCUT2D eigenvalue weighted by atomic mass is 16.4. The van der Waals surface area contributed by atoms with E-state index < -0.39 is 30.0 Å². The fourth-order valence-corrected chi connectivity index (χ4v) is 1.14. The molecule has 0 rings (SSSR count). The van der Waals surface area contributed by atoms with Crippen LogP contribution >= 0.6 is 0 Å². The van der Waals surface area contributed by atoms with Crippen molar-refractivity contribution >= 4 is 17.9 Å². The van der Waals surface area contributed by atoms with Gasteiger partial charge in [0, 0.05) is 0 Å². The normalized spacial score (nSPS) is 13.2. The molecule has 5 N–H and O–H groups in total. The molecule has 0 aromatic carbocycles. The van der Waals surface area contributed by atoms with Gasteiger partial charge in [-0.25, -0.2) is 9.59 Å². The van der Waals surface area contributed by atoms with Crippen molar-refractivity contribution in [3.05, 3.63) is 25.3 Å². The highest BCUT2D eigenvalue weighted by Gasteiger charge is 2.32. The lowest BCUT2D eigenvalue weighted by molar-refractivity contribution is -0.144. The van der Waals surface area contributed by atoms with Gasteiger partial charge in [0.25, 0.3) is 0 Å². The van der Waals surface area contributed by atoms with E-state index in [1.807, 2.05) is 0 Å². The fourth-order valence-electron chi connectivity index (χ4n) is 1.14. The second kappa shape index (κ2) is 5.54. The number of guanidine groups is 1. The number of nitrogens with one attached hydrogen (secondary N) is 1. The summed E-state index contributed by atoms with van der Waals surface area (Å²) >= 11 is 0. The van der Waals surface area contributed by atoms with Gasteiger partial charge in [-0.15, -0.1) is 13.2 Å². The second-order valence-corrected chi connectivity index (χ2v) is 2.83. The smallest absolute Gasteiger partial charge is 0.330 e. The van der Waals surface area contributed by atoms with Crippen LogP contribution in [-0.4, -0.2) is 45.1 Å². The largest absolute Gasteiger partial charge is 0.479 e. The summed E-state index contributed by atoms with van der Waals surface area (Å²) in [4.78, 5) is 22.3. The van der Waals surface area contributed by atoms with Gasteiger partial charge in [-0.05, 0) is 0 Å². The van der Waals surface area contributed by atoms with E-state index in [0.717, 1.165) is 12.2 Å². The number of hydrogen-bond acceptors (Lipinski definition) is 3. The lowest BCUT2D eigenvalue weighted by Crippen LogP contribution is -2.54. The Hall–Kier alpha value is -2.31. The Morgan fingerprint density at radius 2 is 1.50 bits per heavy atom. The van der Waals surface area contributed by atoms with Crippen LogP contribution in [0.4, 0.5) is 0 Å². The van der Waals surface area contributed by atoms with Crippen LogP contribution in [0.15, 0.2) is 25.3 Å². The molecule has 0 aliphatic heterocycles. The summed E-state index contributed by atoms with van der Waals surface area (Å²) in [5.41, 5.74) is 5.15. The van der Waals surface area contributed by atoms with E-state index in [0.29, 0.717) is 4.90 Å². The van der Waals surface area contributed by atoms with Crippen molar-refractivity contribution in [2.75, 3.05) is 0 Å². The third kappa shape index (κ3) is 2.84. The van der Waals surface area contributed by atoms with Gasteiger partial charge in [-0.3, -0.25) is 5.41 Å². The van der Waals surface area contributed by atoms with Crippen molar-refractivity contribution in [1.82, 2.24) is 4.90 Å². The zero-order valence-corrected chi connectivity index (χ0v) is 8.46. The minimum Gasteiger partial charge on any atom is -0.479 e. The first kappa shape index (κ1) is 13.7. The Labute approximate surface area is 92.0 Å². The SMILES string of the molecule is C=C[C@H](C(=O)O)N(C(=N)N)[C@H](C=C)C(=O)O.